The van der Waals surface area contributed by atoms with Crippen LogP contribution in [0, 0.1) is 13.8 Å². The fourth-order valence-corrected chi connectivity index (χ4v) is 4.29. The van der Waals surface area contributed by atoms with Crippen LogP contribution in [0.3, 0.4) is 0 Å². The van der Waals surface area contributed by atoms with Crippen molar-refractivity contribution in [2.45, 2.75) is 40.2 Å². The van der Waals surface area contributed by atoms with Crippen molar-refractivity contribution in [3.05, 3.63) is 76.1 Å². The Kier molecular flexibility index (Phi) is 4.42. The summed E-state index contributed by atoms with van der Waals surface area (Å²) in [5.41, 5.74) is 8.71. The van der Waals surface area contributed by atoms with Crippen LogP contribution < -0.4 is 5.32 Å². The van der Waals surface area contributed by atoms with Crippen LogP contribution in [0.2, 0.25) is 0 Å². The number of aryl methyl sites for hydroxylation is 1. The van der Waals surface area contributed by atoms with Crippen molar-refractivity contribution in [2.24, 2.45) is 0 Å². The van der Waals surface area contributed by atoms with Gasteiger partial charge in [-0.15, -0.1) is 0 Å². The summed E-state index contributed by atoms with van der Waals surface area (Å²) in [5.74, 6) is -0.0685. The van der Waals surface area contributed by atoms with E-state index < -0.39 is 6.04 Å². The molecule has 4 heteroatoms. The van der Waals surface area contributed by atoms with Gasteiger partial charge in [-0.3, -0.25) is 9.59 Å². The van der Waals surface area contributed by atoms with Crippen LogP contribution in [0.25, 0.3) is 11.1 Å². The van der Waals surface area contributed by atoms with Gasteiger partial charge in [0.25, 0.3) is 0 Å². The van der Waals surface area contributed by atoms with E-state index in [1.54, 1.807) is 0 Å². The van der Waals surface area contributed by atoms with E-state index in [-0.39, 0.29) is 11.6 Å². The van der Waals surface area contributed by atoms with E-state index in [0.717, 1.165) is 23.4 Å². The molecule has 28 heavy (non-hydrogen) atoms. The Morgan fingerprint density at radius 1 is 1.04 bits per heavy atom. The summed E-state index contributed by atoms with van der Waals surface area (Å²) in [6, 6.07) is 14.3. The van der Waals surface area contributed by atoms with Crippen LogP contribution in [0.5, 0.6) is 0 Å². The highest BCUT2D eigenvalue weighted by Crippen LogP contribution is 2.37. The maximum atomic E-state index is 13.0. The number of hydrogen-bond donors (Lipinski definition) is 2. The molecular formula is C24H24N2O2. The number of rotatable bonds is 5. The molecule has 1 aliphatic carbocycles. The van der Waals surface area contributed by atoms with Crippen molar-refractivity contribution in [3.63, 3.8) is 0 Å². The lowest BCUT2D eigenvalue weighted by molar-refractivity contribution is 0.0970. The summed E-state index contributed by atoms with van der Waals surface area (Å²) in [5, 5.41) is 3.33. The monoisotopic (exact) mass is 372 g/mol. The lowest BCUT2D eigenvalue weighted by Gasteiger charge is -2.15. The Hall–Kier alpha value is -3.14. The van der Waals surface area contributed by atoms with Gasteiger partial charge in [0.15, 0.2) is 5.78 Å². The number of fused-ring (bicyclic) bond motifs is 3. The number of aromatic nitrogens is 1. The highest BCUT2D eigenvalue weighted by molar-refractivity contribution is 6.05. The molecule has 0 fully saturated rings. The summed E-state index contributed by atoms with van der Waals surface area (Å²) in [6.45, 7) is 7.04. The molecule has 0 spiro atoms. The molecule has 0 bridgehead atoms. The second kappa shape index (κ2) is 6.79. The van der Waals surface area contributed by atoms with Crippen LogP contribution in [0.4, 0.5) is 5.69 Å². The largest absolute Gasteiger partial charge is 0.375 e. The number of carbonyl (C=O) groups is 2. The quantitative estimate of drug-likeness (QED) is 0.480. The number of nitrogens with one attached hydrogen (secondary N) is 2. The molecule has 4 nitrogen and oxygen atoms in total. The number of aromatic amines is 1. The summed E-state index contributed by atoms with van der Waals surface area (Å²) < 4.78 is 0. The predicted molar refractivity (Wildman–Crippen MR) is 112 cm³/mol. The maximum Gasteiger partial charge on any atom is 0.201 e. The molecule has 1 heterocycles. The van der Waals surface area contributed by atoms with E-state index in [9.17, 15) is 9.59 Å². The normalized spacial score (nSPS) is 13.0. The molecule has 142 valence electrons. The number of ketones is 2. The standard InChI is InChI=1S/C24H24N2O2/c1-13-22(16(4)27)14(2)26-23(13)24(28)15(3)25-19-9-10-21-18(12-19)11-17-7-5-6-8-20(17)21/h5-10,12,15,25-26H,11H2,1-4H3. The lowest BCUT2D eigenvalue weighted by atomic mass is 10.0. The minimum atomic E-state index is -0.404. The Morgan fingerprint density at radius 3 is 2.46 bits per heavy atom. The minimum absolute atomic E-state index is 0.0240. The minimum Gasteiger partial charge on any atom is -0.375 e. The zero-order valence-electron chi connectivity index (χ0n) is 16.6. The molecule has 0 amide bonds. The van der Waals surface area contributed by atoms with Gasteiger partial charge in [0.1, 0.15) is 0 Å². The summed E-state index contributed by atoms with van der Waals surface area (Å²) in [4.78, 5) is 27.9. The average molecular weight is 372 g/mol. The molecule has 4 rings (SSSR count). The van der Waals surface area contributed by atoms with E-state index in [1.165, 1.54) is 29.2 Å². The smallest absolute Gasteiger partial charge is 0.201 e. The van der Waals surface area contributed by atoms with Crippen molar-refractivity contribution < 1.29 is 9.59 Å². The molecule has 0 aliphatic heterocycles. The van der Waals surface area contributed by atoms with Gasteiger partial charge < -0.3 is 10.3 Å². The van der Waals surface area contributed by atoms with Crippen LogP contribution in [0.15, 0.2) is 42.5 Å². The summed E-state index contributed by atoms with van der Waals surface area (Å²) in [7, 11) is 0. The van der Waals surface area contributed by atoms with Crippen LogP contribution in [-0.2, 0) is 6.42 Å². The third-order valence-electron chi connectivity index (χ3n) is 5.61. The number of anilines is 1. The number of Topliss-reactive ketones (excluding diaryl/α,β-unsaturated/α-hetero) is 2. The second-order valence-electron chi connectivity index (χ2n) is 7.62. The Morgan fingerprint density at radius 2 is 1.75 bits per heavy atom. The topological polar surface area (TPSA) is 62.0 Å². The molecule has 1 unspecified atom stereocenters. The third kappa shape index (κ3) is 2.95. The van der Waals surface area contributed by atoms with Gasteiger partial charge >= 0.3 is 0 Å². The lowest BCUT2D eigenvalue weighted by Crippen LogP contribution is -2.27. The molecule has 0 saturated carbocycles. The Balaban J connectivity index is 1.56. The van der Waals surface area contributed by atoms with Crippen molar-refractivity contribution in [1.29, 1.82) is 0 Å². The highest BCUT2D eigenvalue weighted by atomic mass is 16.1. The number of H-pyrrole nitrogens is 1. The first-order valence-corrected chi connectivity index (χ1v) is 9.59. The maximum absolute atomic E-state index is 13.0. The molecule has 2 aromatic carbocycles. The molecule has 0 saturated heterocycles. The van der Waals surface area contributed by atoms with Crippen LogP contribution in [-0.4, -0.2) is 22.6 Å². The van der Waals surface area contributed by atoms with Crippen molar-refractivity contribution in [2.75, 3.05) is 5.32 Å². The van der Waals surface area contributed by atoms with Crippen LogP contribution in [0.1, 0.15) is 57.1 Å². The summed E-state index contributed by atoms with van der Waals surface area (Å²) in [6.07, 6.45) is 0.917. The first kappa shape index (κ1) is 18.2. The van der Waals surface area contributed by atoms with Crippen LogP contribution >= 0.6 is 0 Å². The average Bonchev–Trinajstić information content (AvgIpc) is 3.17. The van der Waals surface area contributed by atoms with Gasteiger partial charge in [-0.25, -0.2) is 0 Å². The summed E-state index contributed by atoms with van der Waals surface area (Å²) >= 11 is 0. The zero-order chi connectivity index (χ0) is 20.0. The van der Waals surface area contributed by atoms with Crippen molar-refractivity contribution in [1.82, 2.24) is 4.98 Å². The predicted octanol–water partition coefficient (Wildman–Crippen LogP) is 5.09. The molecule has 2 N–H and O–H groups in total. The number of hydrogen-bond acceptors (Lipinski definition) is 3. The number of carbonyl (C=O) groups excluding carboxylic acids is 2. The van der Waals surface area contributed by atoms with Gasteiger partial charge in [-0.05, 0) is 74.1 Å². The SMILES string of the molecule is CC(=O)c1c(C)[nH]c(C(=O)C(C)Nc2ccc3c(c2)Cc2ccccc2-3)c1C. The van der Waals surface area contributed by atoms with E-state index in [0.29, 0.717) is 11.3 Å². The Bertz CT molecular complexity index is 1110. The zero-order valence-corrected chi connectivity index (χ0v) is 16.6. The van der Waals surface area contributed by atoms with Gasteiger partial charge in [-0.1, -0.05) is 30.3 Å². The van der Waals surface area contributed by atoms with E-state index >= 15 is 0 Å². The van der Waals surface area contributed by atoms with Gasteiger partial charge in [0.2, 0.25) is 5.78 Å². The molecule has 1 atom stereocenters. The first-order chi connectivity index (χ1) is 13.4. The van der Waals surface area contributed by atoms with Crippen molar-refractivity contribution >= 4 is 17.3 Å². The molecular weight excluding hydrogens is 348 g/mol. The fourth-order valence-electron chi connectivity index (χ4n) is 4.29. The fraction of sp³-hybridized carbons (Fsp3) is 0.250. The third-order valence-corrected chi connectivity index (χ3v) is 5.61. The van der Waals surface area contributed by atoms with E-state index in [4.69, 9.17) is 0 Å². The second-order valence-corrected chi connectivity index (χ2v) is 7.62. The molecule has 1 aromatic heterocycles. The number of benzene rings is 2. The molecule has 3 aromatic rings. The van der Waals surface area contributed by atoms with Gasteiger partial charge in [0.05, 0.1) is 11.7 Å². The van der Waals surface area contributed by atoms with Crippen molar-refractivity contribution in [3.8, 4) is 11.1 Å². The van der Waals surface area contributed by atoms with Gasteiger partial charge in [0, 0.05) is 16.9 Å². The highest BCUT2D eigenvalue weighted by Gasteiger charge is 2.24. The molecule has 0 radical (unpaired) electrons. The Labute approximate surface area is 165 Å². The van der Waals surface area contributed by atoms with Gasteiger partial charge in [-0.2, -0.15) is 0 Å². The first-order valence-electron chi connectivity index (χ1n) is 9.59. The van der Waals surface area contributed by atoms with E-state index in [2.05, 4.69) is 46.7 Å². The molecule has 1 aliphatic rings. The van der Waals surface area contributed by atoms with E-state index in [1.807, 2.05) is 26.8 Å².